The summed E-state index contributed by atoms with van der Waals surface area (Å²) >= 11 is 0. The van der Waals surface area contributed by atoms with Gasteiger partial charge in [-0.1, -0.05) is 41.0 Å². The van der Waals surface area contributed by atoms with Crippen LogP contribution in [-0.4, -0.2) is 11.9 Å². The molecule has 0 heterocycles. The summed E-state index contributed by atoms with van der Waals surface area (Å²) in [4.78, 5) is 12.2. The van der Waals surface area contributed by atoms with Crippen LogP contribution < -0.4 is 5.32 Å². The summed E-state index contributed by atoms with van der Waals surface area (Å²) in [6, 6.07) is 0.401. The van der Waals surface area contributed by atoms with Crippen LogP contribution in [0.3, 0.4) is 0 Å². The highest BCUT2D eigenvalue weighted by atomic mass is 16.1. The number of amides is 1. The molecule has 18 heavy (non-hydrogen) atoms. The predicted octanol–water partition coefficient (Wildman–Crippen LogP) is 3.75. The number of rotatable bonds is 4. The molecule has 0 aromatic rings. The van der Waals surface area contributed by atoms with Crippen molar-refractivity contribution in [2.45, 2.75) is 72.8 Å². The second-order valence-corrected chi connectivity index (χ2v) is 7.36. The average Bonchev–Trinajstić information content (AvgIpc) is 2.62. The van der Waals surface area contributed by atoms with Gasteiger partial charge in [0, 0.05) is 12.0 Å². The summed E-state index contributed by atoms with van der Waals surface area (Å²) in [5.74, 6) is 1.24. The van der Waals surface area contributed by atoms with Crippen LogP contribution in [-0.2, 0) is 4.79 Å². The van der Waals surface area contributed by atoms with Gasteiger partial charge in [-0.05, 0) is 42.4 Å². The second kappa shape index (κ2) is 4.54. The van der Waals surface area contributed by atoms with Gasteiger partial charge in [0.15, 0.2) is 0 Å². The zero-order valence-corrected chi connectivity index (χ0v) is 12.7. The third-order valence-corrected chi connectivity index (χ3v) is 6.28. The molecule has 0 aromatic carbocycles. The Labute approximate surface area is 112 Å². The van der Waals surface area contributed by atoms with Gasteiger partial charge in [-0.25, -0.2) is 0 Å². The Hall–Kier alpha value is -0.530. The Morgan fingerprint density at radius 1 is 1.39 bits per heavy atom. The number of hydrogen-bond acceptors (Lipinski definition) is 1. The zero-order chi connectivity index (χ0) is 13.6. The van der Waals surface area contributed by atoms with Crippen LogP contribution in [0, 0.1) is 22.7 Å². The van der Waals surface area contributed by atoms with Crippen molar-refractivity contribution in [3.63, 3.8) is 0 Å². The fourth-order valence-corrected chi connectivity index (χ4v) is 4.30. The normalized spacial score (nSPS) is 38.7. The van der Waals surface area contributed by atoms with Gasteiger partial charge in [0.25, 0.3) is 0 Å². The number of fused-ring (bicyclic) bond motifs is 2. The third kappa shape index (κ3) is 1.88. The van der Waals surface area contributed by atoms with Crippen LogP contribution in [0.2, 0.25) is 0 Å². The van der Waals surface area contributed by atoms with E-state index in [0.717, 1.165) is 18.8 Å². The molecule has 1 N–H and O–H groups in total. The fraction of sp³-hybridized carbons (Fsp3) is 0.938. The monoisotopic (exact) mass is 251 g/mol. The number of hydrogen-bond donors (Lipinski definition) is 1. The van der Waals surface area contributed by atoms with Crippen molar-refractivity contribution >= 4 is 5.91 Å². The van der Waals surface area contributed by atoms with Crippen molar-refractivity contribution in [1.29, 1.82) is 0 Å². The van der Waals surface area contributed by atoms with Crippen LogP contribution >= 0.6 is 0 Å². The average molecular weight is 251 g/mol. The lowest BCUT2D eigenvalue weighted by atomic mass is 9.69. The minimum Gasteiger partial charge on any atom is -0.353 e. The molecular formula is C16H29NO. The Morgan fingerprint density at radius 2 is 2.06 bits per heavy atom. The largest absolute Gasteiger partial charge is 0.353 e. The highest BCUT2D eigenvalue weighted by molar-refractivity contribution is 5.78. The molecule has 4 unspecified atom stereocenters. The Bertz CT molecular complexity index is 336. The summed E-state index contributed by atoms with van der Waals surface area (Å²) in [6.07, 6.45) is 5.90. The van der Waals surface area contributed by atoms with E-state index in [1.807, 2.05) is 0 Å². The van der Waals surface area contributed by atoms with Crippen molar-refractivity contribution in [1.82, 2.24) is 5.32 Å². The van der Waals surface area contributed by atoms with Crippen LogP contribution in [0.4, 0.5) is 0 Å². The summed E-state index contributed by atoms with van der Waals surface area (Å²) in [6.45, 7) is 11.4. The molecule has 2 aliphatic rings. The van der Waals surface area contributed by atoms with Gasteiger partial charge >= 0.3 is 0 Å². The van der Waals surface area contributed by atoms with E-state index < -0.39 is 0 Å². The second-order valence-electron chi connectivity index (χ2n) is 7.36. The van der Waals surface area contributed by atoms with E-state index in [-0.39, 0.29) is 11.8 Å². The molecule has 0 spiro atoms. The molecule has 0 aliphatic heterocycles. The first-order valence-corrected chi connectivity index (χ1v) is 7.63. The van der Waals surface area contributed by atoms with Crippen molar-refractivity contribution in [3.05, 3.63) is 0 Å². The molecule has 2 bridgehead atoms. The molecule has 2 aliphatic carbocycles. The van der Waals surface area contributed by atoms with E-state index in [9.17, 15) is 4.79 Å². The molecule has 0 aromatic heterocycles. The predicted molar refractivity (Wildman–Crippen MR) is 75.2 cm³/mol. The summed E-state index contributed by atoms with van der Waals surface area (Å²) in [5, 5.41) is 3.35. The molecular weight excluding hydrogens is 222 g/mol. The molecule has 2 heteroatoms. The van der Waals surface area contributed by atoms with E-state index in [4.69, 9.17) is 0 Å². The van der Waals surface area contributed by atoms with Crippen LogP contribution in [0.15, 0.2) is 0 Å². The lowest BCUT2D eigenvalue weighted by molar-refractivity contribution is -0.126. The zero-order valence-electron chi connectivity index (χ0n) is 12.7. The van der Waals surface area contributed by atoms with Gasteiger partial charge in [0.05, 0.1) is 0 Å². The van der Waals surface area contributed by atoms with Crippen molar-refractivity contribution in [2.75, 3.05) is 0 Å². The van der Waals surface area contributed by atoms with Crippen molar-refractivity contribution in [3.8, 4) is 0 Å². The number of carbonyl (C=O) groups excluding carboxylic acids is 1. The number of carbonyl (C=O) groups is 1. The lowest BCUT2D eigenvalue weighted by Crippen LogP contribution is -2.48. The first kappa shape index (κ1) is 13.9. The molecule has 4 atom stereocenters. The van der Waals surface area contributed by atoms with E-state index >= 15 is 0 Å². The van der Waals surface area contributed by atoms with Crippen molar-refractivity contribution in [2.24, 2.45) is 22.7 Å². The maximum absolute atomic E-state index is 12.2. The Morgan fingerprint density at radius 3 is 2.50 bits per heavy atom. The molecule has 1 amide bonds. The van der Waals surface area contributed by atoms with Crippen LogP contribution in [0.5, 0.6) is 0 Å². The fourth-order valence-electron chi connectivity index (χ4n) is 4.30. The first-order chi connectivity index (χ1) is 8.33. The molecule has 2 rings (SSSR count). The van der Waals surface area contributed by atoms with E-state index in [0.29, 0.717) is 16.9 Å². The molecule has 2 nitrogen and oxygen atoms in total. The van der Waals surface area contributed by atoms with Gasteiger partial charge in [-0.3, -0.25) is 4.79 Å². The highest BCUT2D eigenvalue weighted by Crippen LogP contribution is 2.65. The maximum Gasteiger partial charge on any atom is 0.223 e. The van der Waals surface area contributed by atoms with E-state index in [1.165, 1.54) is 19.3 Å². The smallest absolute Gasteiger partial charge is 0.223 e. The van der Waals surface area contributed by atoms with Crippen LogP contribution in [0.1, 0.15) is 66.7 Å². The molecule has 2 fully saturated rings. The van der Waals surface area contributed by atoms with Gasteiger partial charge in [-0.2, -0.15) is 0 Å². The van der Waals surface area contributed by atoms with Gasteiger partial charge in [0.1, 0.15) is 0 Å². The molecule has 0 radical (unpaired) electrons. The third-order valence-electron chi connectivity index (χ3n) is 6.28. The highest BCUT2D eigenvalue weighted by Gasteiger charge is 2.61. The van der Waals surface area contributed by atoms with Crippen LogP contribution in [0.25, 0.3) is 0 Å². The Kier molecular flexibility index (Phi) is 3.50. The SMILES string of the molecule is CCCC(C)C(=O)NC1CC2CCC1(C)C2(C)C. The molecule has 104 valence electrons. The van der Waals surface area contributed by atoms with Gasteiger partial charge in [0.2, 0.25) is 5.91 Å². The topological polar surface area (TPSA) is 29.1 Å². The van der Waals surface area contributed by atoms with E-state index in [2.05, 4.69) is 39.9 Å². The first-order valence-electron chi connectivity index (χ1n) is 7.63. The minimum absolute atomic E-state index is 0.167. The quantitative estimate of drug-likeness (QED) is 0.810. The van der Waals surface area contributed by atoms with Gasteiger partial charge in [-0.15, -0.1) is 0 Å². The molecule has 2 saturated carbocycles. The summed E-state index contributed by atoms with van der Waals surface area (Å²) in [5.41, 5.74) is 0.693. The minimum atomic E-state index is 0.167. The summed E-state index contributed by atoms with van der Waals surface area (Å²) in [7, 11) is 0. The summed E-state index contributed by atoms with van der Waals surface area (Å²) < 4.78 is 0. The standard InChI is InChI=1S/C16H29NO/c1-6-7-11(2)14(18)17-13-10-12-8-9-16(13,5)15(12,3)4/h11-13H,6-10H2,1-5H3,(H,17,18). The molecule has 0 saturated heterocycles. The van der Waals surface area contributed by atoms with E-state index in [1.54, 1.807) is 0 Å². The Balaban J connectivity index is 2.03. The van der Waals surface area contributed by atoms with Gasteiger partial charge < -0.3 is 5.32 Å². The maximum atomic E-state index is 12.2. The number of nitrogens with one attached hydrogen (secondary N) is 1. The lowest BCUT2D eigenvalue weighted by Gasteiger charge is -2.39. The van der Waals surface area contributed by atoms with Crippen molar-refractivity contribution < 1.29 is 4.79 Å².